The second-order valence-corrected chi connectivity index (χ2v) is 4.80. The molecule has 0 spiro atoms. The predicted octanol–water partition coefficient (Wildman–Crippen LogP) is 1.52. The topological polar surface area (TPSA) is 71.5 Å². The lowest BCUT2D eigenvalue weighted by Crippen LogP contribution is -2.43. The highest BCUT2D eigenvalue weighted by Gasteiger charge is 2.26. The van der Waals surface area contributed by atoms with Gasteiger partial charge in [0.05, 0.1) is 18.8 Å². The quantitative estimate of drug-likeness (QED) is 0.749. The Hall–Kier alpha value is -1.33. The van der Waals surface area contributed by atoms with E-state index in [-0.39, 0.29) is 18.0 Å². The second-order valence-electron chi connectivity index (χ2n) is 4.80. The van der Waals surface area contributed by atoms with E-state index in [1.165, 1.54) is 0 Å². The highest BCUT2D eigenvalue weighted by atomic mass is 16.3. The maximum atomic E-state index is 11.8. The van der Waals surface area contributed by atoms with Crippen LogP contribution in [0.4, 0.5) is 0 Å². The minimum absolute atomic E-state index is 0.0178. The molecule has 1 aromatic rings. The van der Waals surface area contributed by atoms with Gasteiger partial charge >= 0.3 is 0 Å². The van der Waals surface area contributed by atoms with Crippen LogP contribution in [0.15, 0.2) is 22.8 Å². The molecule has 0 aliphatic heterocycles. The van der Waals surface area contributed by atoms with E-state index in [0.717, 1.165) is 18.6 Å². The number of rotatable bonds is 8. The van der Waals surface area contributed by atoms with Gasteiger partial charge in [0, 0.05) is 12.6 Å². The molecule has 0 saturated carbocycles. The minimum Gasteiger partial charge on any atom is -0.468 e. The van der Waals surface area contributed by atoms with Crippen LogP contribution in [-0.4, -0.2) is 37.0 Å². The van der Waals surface area contributed by atoms with Crippen LogP contribution in [0.3, 0.4) is 0 Å². The van der Waals surface area contributed by atoms with E-state index in [4.69, 9.17) is 10.2 Å². The van der Waals surface area contributed by atoms with E-state index in [1.807, 2.05) is 37.9 Å². The van der Waals surface area contributed by atoms with Gasteiger partial charge in [-0.2, -0.15) is 0 Å². The number of nitrogens with two attached hydrogens (primary N) is 1. The number of carbonyl (C=O) groups is 1. The van der Waals surface area contributed by atoms with Crippen molar-refractivity contribution < 1.29 is 9.21 Å². The van der Waals surface area contributed by atoms with E-state index in [1.54, 1.807) is 6.26 Å². The Morgan fingerprint density at radius 3 is 2.79 bits per heavy atom. The Bertz CT molecular complexity index is 365. The summed E-state index contributed by atoms with van der Waals surface area (Å²) in [6.07, 6.45) is 3.40. The zero-order valence-corrected chi connectivity index (χ0v) is 12.1. The summed E-state index contributed by atoms with van der Waals surface area (Å²) >= 11 is 0. The summed E-state index contributed by atoms with van der Waals surface area (Å²) in [5.74, 6) is 0.823. The van der Waals surface area contributed by atoms with Gasteiger partial charge in [0.15, 0.2) is 0 Å². The van der Waals surface area contributed by atoms with Crippen molar-refractivity contribution in [2.45, 2.75) is 38.8 Å². The first kappa shape index (κ1) is 15.7. The molecule has 0 saturated heterocycles. The largest absolute Gasteiger partial charge is 0.468 e. The van der Waals surface area contributed by atoms with Crippen LogP contribution in [0.25, 0.3) is 0 Å². The van der Waals surface area contributed by atoms with Crippen molar-refractivity contribution in [1.29, 1.82) is 0 Å². The third kappa shape index (κ3) is 4.69. The van der Waals surface area contributed by atoms with Gasteiger partial charge in [-0.3, -0.25) is 9.69 Å². The number of nitrogens with zero attached hydrogens (tertiary/aromatic N) is 1. The molecule has 19 heavy (non-hydrogen) atoms. The fraction of sp³-hybridized carbons (Fsp3) is 0.643. The summed E-state index contributed by atoms with van der Waals surface area (Å²) < 4.78 is 5.45. The van der Waals surface area contributed by atoms with Crippen molar-refractivity contribution in [3.8, 4) is 0 Å². The predicted molar refractivity (Wildman–Crippen MR) is 75.6 cm³/mol. The maximum Gasteiger partial charge on any atom is 0.234 e. The Morgan fingerprint density at radius 1 is 1.53 bits per heavy atom. The van der Waals surface area contributed by atoms with Crippen molar-refractivity contribution in [3.05, 3.63) is 24.2 Å². The van der Waals surface area contributed by atoms with Gasteiger partial charge in [-0.15, -0.1) is 0 Å². The van der Waals surface area contributed by atoms with Gasteiger partial charge in [0.25, 0.3) is 0 Å². The van der Waals surface area contributed by atoms with Gasteiger partial charge in [0.2, 0.25) is 5.91 Å². The lowest BCUT2D eigenvalue weighted by molar-refractivity contribution is -0.122. The minimum atomic E-state index is -0.0765. The van der Waals surface area contributed by atoms with Crippen LogP contribution in [0.2, 0.25) is 0 Å². The average Bonchev–Trinajstić information content (AvgIpc) is 2.89. The number of hydrogen-bond donors (Lipinski definition) is 2. The van der Waals surface area contributed by atoms with Crippen LogP contribution >= 0.6 is 0 Å². The standard InChI is InChI=1S/C14H25N3O2/c1-4-8-16-13(18)10-17(3)14(11(15)5-2)12-7-6-9-19-12/h6-7,9,11,14H,4-5,8,10,15H2,1-3H3,(H,16,18). The van der Waals surface area contributed by atoms with Crippen LogP contribution < -0.4 is 11.1 Å². The van der Waals surface area contributed by atoms with E-state index in [2.05, 4.69) is 5.32 Å². The molecule has 0 aliphatic carbocycles. The number of hydrogen-bond acceptors (Lipinski definition) is 4. The van der Waals surface area contributed by atoms with Crippen LogP contribution in [0.1, 0.15) is 38.5 Å². The summed E-state index contributed by atoms with van der Waals surface area (Å²) in [4.78, 5) is 13.7. The molecular weight excluding hydrogens is 242 g/mol. The molecule has 1 rings (SSSR count). The molecule has 5 heteroatoms. The molecule has 0 fully saturated rings. The molecule has 1 heterocycles. The van der Waals surface area contributed by atoms with Crippen LogP contribution in [0.5, 0.6) is 0 Å². The second kappa shape index (κ2) is 7.96. The van der Waals surface area contributed by atoms with Gasteiger partial charge in [-0.05, 0) is 32.0 Å². The number of nitrogens with one attached hydrogen (secondary N) is 1. The lowest BCUT2D eigenvalue weighted by atomic mass is 10.0. The Labute approximate surface area is 115 Å². The zero-order valence-electron chi connectivity index (χ0n) is 12.1. The molecule has 0 bridgehead atoms. The van der Waals surface area contributed by atoms with Crippen molar-refractivity contribution in [1.82, 2.24) is 10.2 Å². The lowest BCUT2D eigenvalue weighted by Gasteiger charge is -2.30. The zero-order chi connectivity index (χ0) is 14.3. The molecule has 1 amide bonds. The summed E-state index contributed by atoms with van der Waals surface area (Å²) in [6.45, 7) is 5.09. The summed E-state index contributed by atoms with van der Waals surface area (Å²) in [5.41, 5.74) is 6.15. The average molecular weight is 267 g/mol. The first-order valence-corrected chi connectivity index (χ1v) is 6.86. The molecule has 108 valence electrons. The third-order valence-electron chi connectivity index (χ3n) is 3.15. The molecule has 0 aliphatic rings. The van der Waals surface area contributed by atoms with Crippen molar-refractivity contribution >= 4 is 5.91 Å². The van der Waals surface area contributed by atoms with Crippen molar-refractivity contribution in [3.63, 3.8) is 0 Å². The number of likely N-dealkylation sites (N-methyl/N-ethyl adjacent to an activating group) is 1. The van der Waals surface area contributed by atoms with E-state index >= 15 is 0 Å². The molecule has 0 aromatic carbocycles. The van der Waals surface area contributed by atoms with Gasteiger partial charge in [-0.1, -0.05) is 13.8 Å². The SMILES string of the molecule is CCCNC(=O)CN(C)C(c1ccco1)C(N)CC. The highest BCUT2D eigenvalue weighted by Crippen LogP contribution is 2.23. The van der Waals surface area contributed by atoms with Crippen LogP contribution in [0, 0.1) is 0 Å². The Morgan fingerprint density at radius 2 is 2.26 bits per heavy atom. The number of carbonyl (C=O) groups excluding carboxylic acids is 1. The molecule has 2 unspecified atom stereocenters. The Kier molecular flexibility index (Phi) is 6.59. The molecule has 0 radical (unpaired) electrons. The van der Waals surface area contributed by atoms with Gasteiger partial charge in [-0.25, -0.2) is 0 Å². The summed E-state index contributed by atoms with van der Waals surface area (Å²) in [6, 6.07) is 3.61. The third-order valence-corrected chi connectivity index (χ3v) is 3.15. The van der Waals surface area contributed by atoms with Crippen molar-refractivity contribution in [2.24, 2.45) is 5.73 Å². The first-order chi connectivity index (χ1) is 9.10. The molecular formula is C14H25N3O2. The summed E-state index contributed by atoms with van der Waals surface area (Å²) in [7, 11) is 1.90. The molecule has 3 N–H and O–H groups in total. The smallest absolute Gasteiger partial charge is 0.234 e. The van der Waals surface area contributed by atoms with Crippen LogP contribution in [-0.2, 0) is 4.79 Å². The Balaban J connectivity index is 2.67. The molecule has 5 nitrogen and oxygen atoms in total. The summed E-state index contributed by atoms with van der Waals surface area (Å²) in [5, 5.41) is 2.87. The highest BCUT2D eigenvalue weighted by molar-refractivity contribution is 5.78. The first-order valence-electron chi connectivity index (χ1n) is 6.86. The molecule has 2 atom stereocenters. The van der Waals surface area contributed by atoms with Crippen molar-refractivity contribution in [2.75, 3.05) is 20.1 Å². The van der Waals surface area contributed by atoms with Gasteiger partial charge < -0.3 is 15.5 Å². The van der Waals surface area contributed by atoms with E-state index in [0.29, 0.717) is 13.1 Å². The number of amides is 1. The fourth-order valence-corrected chi connectivity index (χ4v) is 2.08. The van der Waals surface area contributed by atoms with E-state index < -0.39 is 0 Å². The number of furan rings is 1. The normalized spacial score (nSPS) is 14.4. The van der Waals surface area contributed by atoms with Gasteiger partial charge in [0.1, 0.15) is 5.76 Å². The maximum absolute atomic E-state index is 11.8. The fourth-order valence-electron chi connectivity index (χ4n) is 2.08. The monoisotopic (exact) mass is 267 g/mol. The molecule has 1 aromatic heterocycles. The van der Waals surface area contributed by atoms with E-state index in [9.17, 15) is 4.79 Å².